The molecule has 3 aromatic rings. The van der Waals surface area contributed by atoms with Crippen molar-refractivity contribution in [3.63, 3.8) is 0 Å². The van der Waals surface area contributed by atoms with Crippen molar-refractivity contribution in [1.82, 2.24) is 19.5 Å². The summed E-state index contributed by atoms with van der Waals surface area (Å²) in [6.45, 7) is 0.616. The molecule has 18 heavy (non-hydrogen) atoms. The van der Waals surface area contributed by atoms with Crippen molar-refractivity contribution in [2.45, 2.75) is 6.54 Å². The van der Waals surface area contributed by atoms with Crippen LogP contribution in [0, 0.1) is 0 Å². The molecule has 2 aromatic heterocycles. The summed E-state index contributed by atoms with van der Waals surface area (Å²) in [5, 5.41) is 3.27. The lowest BCUT2D eigenvalue weighted by atomic mass is 10.3. The molecule has 5 heteroatoms. The van der Waals surface area contributed by atoms with E-state index in [1.807, 2.05) is 29.8 Å². The Morgan fingerprint density at radius 1 is 1.22 bits per heavy atom. The molecule has 5 nitrogen and oxygen atoms in total. The first-order valence-electron chi connectivity index (χ1n) is 5.75. The minimum atomic E-state index is 0.616. The Balaban J connectivity index is 1.85. The summed E-state index contributed by atoms with van der Waals surface area (Å²) in [4.78, 5) is 12.8. The number of aromatic nitrogens is 4. The van der Waals surface area contributed by atoms with Gasteiger partial charge in [0.2, 0.25) is 5.95 Å². The highest BCUT2D eigenvalue weighted by molar-refractivity contribution is 5.78. The van der Waals surface area contributed by atoms with E-state index >= 15 is 0 Å². The third kappa shape index (κ3) is 1.90. The van der Waals surface area contributed by atoms with Gasteiger partial charge < -0.3 is 9.88 Å². The quantitative estimate of drug-likeness (QED) is 0.759. The SMILES string of the molecule is Cn1c(NCc2cnccn2)nc2ccccc21. The molecule has 0 aliphatic rings. The predicted octanol–water partition coefficient (Wildman–Crippen LogP) is 1.98. The van der Waals surface area contributed by atoms with E-state index in [1.165, 1.54) is 0 Å². The largest absolute Gasteiger partial charge is 0.350 e. The first kappa shape index (κ1) is 10.7. The van der Waals surface area contributed by atoms with E-state index in [1.54, 1.807) is 18.6 Å². The van der Waals surface area contributed by atoms with Crippen molar-refractivity contribution in [3.05, 3.63) is 48.5 Å². The summed E-state index contributed by atoms with van der Waals surface area (Å²) in [5.74, 6) is 0.835. The standard InChI is InChI=1S/C13H13N5/c1-18-12-5-3-2-4-11(12)17-13(18)16-9-10-8-14-6-7-15-10/h2-8H,9H2,1H3,(H,16,17). The van der Waals surface area contributed by atoms with Crippen LogP contribution in [0.2, 0.25) is 0 Å². The third-order valence-electron chi connectivity index (χ3n) is 2.83. The molecule has 1 N–H and O–H groups in total. The van der Waals surface area contributed by atoms with E-state index in [2.05, 4.69) is 26.3 Å². The van der Waals surface area contributed by atoms with Gasteiger partial charge in [-0.3, -0.25) is 9.97 Å². The zero-order valence-electron chi connectivity index (χ0n) is 10.0. The van der Waals surface area contributed by atoms with Gasteiger partial charge in [0.05, 0.1) is 29.5 Å². The van der Waals surface area contributed by atoms with Crippen LogP contribution in [0.1, 0.15) is 5.69 Å². The van der Waals surface area contributed by atoms with Crippen molar-refractivity contribution >= 4 is 17.0 Å². The number of anilines is 1. The molecule has 0 aliphatic heterocycles. The minimum Gasteiger partial charge on any atom is -0.350 e. The van der Waals surface area contributed by atoms with Crippen LogP contribution in [0.15, 0.2) is 42.9 Å². The second kappa shape index (κ2) is 4.44. The number of nitrogens with one attached hydrogen (secondary N) is 1. The molecule has 0 unspecified atom stereocenters. The summed E-state index contributed by atoms with van der Waals surface area (Å²) < 4.78 is 2.03. The van der Waals surface area contributed by atoms with Gasteiger partial charge >= 0.3 is 0 Å². The Morgan fingerprint density at radius 2 is 2.11 bits per heavy atom. The highest BCUT2D eigenvalue weighted by atomic mass is 15.2. The van der Waals surface area contributed by atoms with E-state index in [4.69, 9.17) is 0 Å². The van der Waals surface area contributed by atoms with Crippen LogP contribution in [0.4, 0.5) is 5.95 Å². The molecule has 0 saturated carbocycles. The van der Waals surface area contributed by atoms with Crippen molar-refractivity contribution in [1.29, 1.82) is 0 Å². The number of para-hydroxylation sites is 2. The molecule has 2 heterocycles. The topological polar surface area (TPSA) is 55.6 Å². The monoisotopic (exact) mass is 239 g/mol. The summed E-state index contributed by atoms with van der Waals surface area (Å²) >= 11 is 0. The number of benzene rings is 1. The fraction of sp³-hybridized carbons (Fsp3) is 0.154. The van der Waals surface area contributed by atoms with Gasteiger partial charge in [0.1, 0.15) is 0 Å². The number of nitrogens with zero attached hydrogens (tertiary/aromatic N) is 4. The molecular formula is C13H13N5. The van der Waals surface area contributed by atoms with Crippen LogP contribution in [0.5, 0.6) is 0 Å². The van der Waals surface area contributed by atoms with Crippen LogP contribution in [-0.4, -0.2) is 19.5 Å². The van der Waals surface area contributed by atoms with Gasteiger partial charge in [-0.2, -0.15) is 0 Å². The van der Waals surface area contributed by atoms with Crippen molar-refractivity contribution in [3.8, 4) is 0 Å². The molecule has 0 saturated heterocycles. The fourth-order valence-electron chi connectivity index (χ4n) is 1.89. The lowest BCUT2D eigenvalue weighted by Gasteiger charge is -2.05. The number of hydrogen-bond donors (Lipinski definition) is 1. The molecule has 0 atom stereocenters. The highest BCUT2D eigenvalue weighted by Gasteiger charge is 2.06. The third-order valence-corrected chi connectivity index (χ3v) is 2.83. The molecule has 0 radical (unpaired) electrons. The van der Waals surface area contributed by atoms with Gasteiger partial charge in [-0.1, -0.05) is 12.1 Å². The Bertz CT molecular complexity index is 659. The Kier molecular flexibility index (Phi) is 2.64. The molecule has 0 fully saturated rings. The zero-order chi connectivity index (χ0) is 12.4. The number of rotatable bonds is 3. The lowest BCUT2D eigenvalue weighted by molar-refractivity contribution is 0.910. The van der Waals surface area contributed by atoms with Crippen LogP contribution >= 0.6 is 0 Å². The maximum atomic E-state index is 4.53. The normalized spacial score (nSPS) is 10.7. The van der Waals surface area contributed by atoms with E-state index in [0.717, 1.165) is 22.7 Å². The number of aryl methyl sites for hydroxylation is 1. The molecule has 90 valence electrons. The lowest BCUT2D eigenvalue weighted by Crippen LogP contribution is -2.06. The van der Waals surface area contributed by atoms with Crippen LogP contribution in [0.25, 0.3) is 11.0 Å². The molecule has 0 aliphatic carbocycles. The first-order chi connectivity index (χ1) is 8.84. The van der Waals surface area contributed by atoms with E-state index < -0.39 is 0 Å². The van der Waals surface area contributed by atoms with Gasteiger partial charge in [0.15, 0.2) is 0 Å². The van der Waals surface area contributed by atoms with Crippen LogP contribution < -0.4 is 5.32 Å². The number of hydrogen-bond acceptors (Lipinski definition) is 4. The van der Waals surface area contributed by atoms with Gasteiger partial charge in [0.25, 0.3) is 0 Å². The number of fused-ring (bicyclic) bond motifs is 1. The average Bonchev–Trinajstić information content (AvgIpc) is 2.75. The second-order valence-corrected chi connectivity index (χ2v) is 4.03. The average molecular weight is 239 g/mol. The summed E-state index contributed by atoms with van der Waals surface area (Å²) in [7, 11) is 1.99. The van der Waals surface area contributed by atoms with Crippen molar-refractivity contribution in [2.24, 2.45) is 7.05 Å². The predicted molar refractivity (Wildman–Crippen MR) is 70.1 cm³/mol. The molecule has 1 aromatic carbocycles. The maximum absolute atomic E-state index is 4.53. The highest BCUT2D eigenvalue weighted by Crippen LogP contribution is 2.17. The fourth-order valence-corrected chi connectivity index (χ4v) is 1.89. The molecule has 0 bridgehead atoms. The van der Waals surface area contributed by atoms with Crippen molar-refractivity contribution < 1.29 is 0 Å². The molecule has 0 amide bonds. The van der Waals surface area contributed by atoms with Gasteiger partial charge in [-0.15, -0.1) is 0 Å². The summed E-state index contributed by atoms with van der Waals surface area (Å²) in [6, 6.07) is 8.05. The van der Waals surface area contributed by atoms with E-state index in [0.29, 0.717) is 6.54 Å². The smallest absolute Gasteiger partial charge is 0.203 e. The summed E-state index contributed by atoms with van der Waals surface area (Å²) in [5.41, 5.74) is 2.99. The van der Waals surface area contributed by atoms with E-state index in [-0.39, 0.29) is 0 Å². The molecule has 3 rings (SSSR count). The number of imidazole rings is 1. The maximum Gasteiger partial charge on any atom is 0.203 e. The Morgan fingerprint density at radius 3 is 2.89 bits per heavy atom. The van der Waals surface area contributed by atoms with Crippen molar-refractivity contribution in [2.75, 3.05) is 5.32 Å². The van der Waals surface area contributed by atoms with Gasteiger partial charge in [-0.05, 0) is 12.1 Å². The van der Waals surface area contributed by atoms with Gasteiger partial charge in [0, 0.05) is 19.4 Å². The minimum absolute atomic E-state index is 0.616. The second-order valence-electron chi connectivity index (χ2n) is 4.03. The summed E-state index contributed by atoms with van der Waals surface area (Å²) in [6.07, 6.45) is 5.10. The van der Waals surface area contributed by atoms with Crippen LogP contribution in [-0.2, 0) is 13.6 Å². The van der Waals surface area contributed by atoms with Crippen LogP contribution in [0.3, 0.4) is 0 Å². The Labute approximate surface area is 105 Å². The molecular weight excluding hydrogens is 226 g/mol. The first-order valence-corrected chi connectivity index (χ1v) is 5.75. The van der Waals surface area contributed by atoms with E-state index in [9.17, 15) is 0 Å². The molecule has 0 spiro atoms. The zero-order valence-corrected chi connectivity index (χ0v) is 10.0. The van der Waals surface area contributed by atoms with Gasteiger partial charge in [-0.25, -0.2) is 4.98 Å². The Hall–Kier alpha value is -2.43.